The monoisotopic (exact) mass is 357 g/mol. The number of likely N-dealkylation sites (N-methyl/N-ethyl adjacent to an activating group) is 1. The number of anilines is 1. The fraction of sp³-hybridized carbons (Fsp3) is 0.381. The van der Waals surface area contributed by atoms with Crippen molar-refractivity contribution in [2.45, 2.75) is 37.6 Å². The summed E-state index contributed by atoms with van der Waals surface area (Å²) in [7, 11) is 2.05. The van der Waals surface area contributed by atoms with Crippen LogP contribution in [0.2, 0.25) is 0 Å². The Bertz CT molecular complexity index is 687. The number of hydrogen-bond acceptors (Lipinski definition) is 2. The van der Waals surface area contributed by atoms with Crippen molar-refractivity contribution in [1.29, 1.82) is 0 Å². The second kappa shape index (κ2) is 8.54. The van der Waals surface area contributed by atoms with E-state index in [0.717, 1.165) is 12.2 Å². The Morgan fingerprint density at radius 1 is 1.04 bits per heavy atom. The van der Waals surface area contributed by atoms with Crippen molar-refractivity contribution in [2.75, 3.05) is 25.2 Å². The maximum Gasteiger partial charge on any atom is 0.279 e. The number of thioether (sulfide) groups is 1. The van der Waals surface area contributed by atoms with Gasteiger partial charge in [-0.2, -0.15) is 0 Å². The number of amides is 1. The molecule has 0 saturated carbocycles. The van der Waals surface area contributed by atoms with Gasteiger partial charge < -0.3 is 10.2 Å². The van der Waals surface area contributed by atoms with Gasteiger partial charge in [0.05, 0.1) is 7.05 Å². The average molecular weight is 358 g/mol. The summed E-state index contributed by atoms with van der Waals surface area (Å²) < 4.78 is 0. The van der Waals surface area contributed by atoms with E-state index in [0.29, 0.717) is 6.54 Å². The molecule has 0 radical (unpaired) electrons. The Morgan fingerprint density at radius 2 is 1.64 bits per heavy atom. The normalized spacial score (nSPS) is 12.7. The van der Waals surface area contributed by atoms with E-state index in [1.165, 1.54) is 20.9 Å². The van der Waals surface area contributed by atoms with Crippen molar-refractivity contribution >= 4 is 23.4 Å². The fourth-order valence-electron chi connectivity index (χ4n) is 2.69. The van der Waals surface area contributed by atoms with Gasteiger partial charge in [0.1, 0.15) is 6.54 Å². The van der Waals surface area contributed by atoms with Crippen molar-refractivity contribution in [3.8, 4) is 0 Å². The number of nitrogens with one attached hydrogen (secondary N) is 2. The fourth-order valence-corrected chi connectivity index (χ4v) is 3.10. The number of benzene rings is 2. The predicted molar refractivity (Wildman–Crippen MR) is 107 cm³/mol. The Balaban J connectivity index is 1.86. The zero-order valence-electron chi connectivity index (χ0n) is 15.8. The minimum Gasteiger partial charge on any atom is -0.326 e. The summed E-state index contributed by atoms with van der Waals surface area (Å²) >= 11 is 1.74. The van der Waals surface area contributed by atoms with Gasteiger partial charge in [0.15, 0.2) is 6.54 Å². The molecule has 0 spiro atoms. The minimum absolute atomic E-state index is 0.0433. The van der Waals surface area contributed by atoms with Gasteiger partial charge >= 0.3 is 0 Å². The average Bonchev–Trinajstić information content (AvgIpc) is 2.55. The van der Waals surface area contributed by atoms with Crippen LogP contribution in [0, 0.1) is 0 Å². The SMILES string of the molecule is CSc1ccc(C[NH+](C)CC(=O)Nc2ccc(C(C)(C)C)cc2)cc1. The van der Waals surface area contributed by atoms with E-state index in [1.807, 2.05) is 19.2 Å². The van der Waals surface area contributed by atoms with Gasteiger partial charge in [-0.15, -0.1) is 11.8 Å². The van der Waals surface area contributed by atoms with Crippen molar-refractivity contribution in [1.82, 2.24) is 0 Å². The summed E-state index contributed by atoms with van der Waals surface area (Å²) in [5.74, 6) is 0.0433. The topological polar surface area (TPSA) is 33.5 Å². The molecule has 0 fully saturated rings. The molecule has 2 rings (SSSR count). The number of hydrogen-bond donors (Lipinski definition) is 2. The first-order chi connectivity index (χ1) is 11.8. The van der Waals surface area contributed by atoms with Gasteiger partial charge in [0.25, 0.3) is 5.91 Å². The molecule has 0 heterocycles. The molecule has 25 heavy (non-hydrogen) atoms. The van der Waals surface area contributed by atoms with Gasteiger partial charge in [-0.05, 0) is 41.5 Å². The molecule has 2 aromatic rings. The highest BCUT2D eigenvalue weighted by atomic mass is 32.2. The van der Waals surface area contributed by atoms with Crippen molar-refractivity contribution < 1.29 is 9.69 Å². The van der Waals surface area contributed by atoms with Crippen LogP contribution in [0.25, 0.3) is 0 Å². The third kappa shape index (κ3) is 6.22. The molecule has 3 nitrogen and oxygen atoms in total. The molecule has 134 valence electrons. The summed E-state index contributed by atoms with van der Waals surface area (Å²) in [5.41, 5.74) is 3.49. The quantitative estimate of drug-likeness (QED) is 0.777. The largest absolute Gasteiger partial charge is 0.326 e. The number of carbonyl (C=O) groups excluding carboxylic acids is 1. The Labute approximate surface area is 155 Å². The summed E-state index contributed by atoms with van der Waals surface area (Å²) in [6.07, 6.45) is 2.07. The van der Waals surface area contributed by atoms with Crippen molar-refractivity contribution in [3.63, 3.8) is 0 Å². The maximum absolute atomic E-state index is 12.3. The van der Waals surface area contributed by atoms with E-state index < -0.39 is 0 Å². The third-order valence-corrected chi connectivity index (χ3v) is 4.91. The highest BCUT2D eigenvalue weighted by molar-refractivity contribution is 7.98. The molecule has 0 aromatic heterocycles. The first-order valence-electron chi connectivity index (χ1n) is 8.62. The second-order valence-corrected chi connectivity index (χ2v) is 8.41. The van der Waals surface area contributed by atoms with E-state index in [4.69, 9.17) is 0 Å². The lowest BCUT2D eigenvalue weighted by atomic mass is 9.87. The minimum atomic E-state index is 0.0433. The van der Waals surface area contributed by atoms with Crippen molar-refractivity contribution in [2.24, 2.45) is 0 Å². The zero-order chi connectivity index (χ0) is 18.4. The maximum atomic E-state index is 12.3. The van der Waals surface area contributed by atoms with Gasteiger partial charge in [-0.25, -0.2) is 0 Å². The number of quaternary nitrogens is 1. The standard InChI is InChI=1S/C21H28N2OS/c1-21(2,3)17-8-10-18(11-9-17)22-20(24)15-23(4)14-16-6-12-19(25-5)13-7-16/h6-13H,14-15H2,1-5H3,(H,22,24)/p+1. The first-order valence-corrected chi connectivity index (χ1v) is 9.85. The lowest BCUT2D eigenvalue weighted by molar-refractivity contribution is -0.885. The van der Waals surface area contributed by atoms with Crippen LogP contribution in [0.1, 0.15) is 31.9 Å². The molecular formula is C21H29N2OS+. The van der Waals surface area contributed by atoms with Crippen LogP contribution < -0.4 is 10.2 Å². The van der Waals surface area contributed by atoms with Gasteiger partial charge in [-0.1, -0.05) is 45.0 Å². The molecule has 0 aliphatic carbocycles. The molecule has 1 atom stereocenters. The highest BCUT2D eigenvalue weighted by Crippen LogP contribution is 2.23. The van der Waals surface area contributed by atoms with Crippen LogP contribution in [0.15, 0.2) is 53.4 Å². The lowest BCUT2D eigenvalue weighted by Gasteiger charge is -2.19. The third-order valence-electron chi connectivity index (χ3n) is 4.16. The van der Waals surface area contributed by atoms with Crippen LogP contribution in [0.5, 0.6) is 0 Å². The smallest absolute Gasteiger partial charge is 0.279 e. The Kier molecular flexibility index (Phi) is 6.68. The molecule has 0 aliphatic heterocycles. The predicted octanol–water partition coefficient (Wildman–Crippen LogP) is 3.36. The number of carbonyl (C=O) groups is 1. The molecule has 1 unspecified atom stereocenters. The van der Waals surface area contributed by atoms with Gasteiger partial charge in [-0.3, -0.25) is 4.79 Å². The molecule has 0 aliphatic rings. The summed E-state index contributed by atoms with van der Waals surface area (Å²) in [6, 6.07) is 16.7. The molecule has 2 aromatic carbocycles. The molecule has 1 amide bonds. The Morgan fingerprint density at radius 3 is 2.16 bits per heavy atom. The first kappa shape index (κ1) is 19.5. The van der Waals surface area contributed by atoms with Crippen LogP contribution in [-0.4, -0.2) is 25.8 Å². The highest BCUT2D eigenvalue weighted by Gasteiger charge is 2.14. The van der Waals surface area contributed by atoms with E-state index in [-0.39, 0.29) is 11.3 Å². The van der Waals surface area contributed by atoms with Gasteiger partial charge in [0, 0.05) is 16.1 Å². The molecule has 0 bridgehead atoms. The molecule has 4 heteroatoms. The zero-order valence-corrected chi connectivity index (χ0v) is 16.7. The molecule has 2 N–H and O–H groups in total. The molecule has 0 saturated heterocycles. The van der Waals surface area contributed by atoms with Crippen molar-refractivity contribution in [3.05, 3.63) is 59.7 Å². The number of rotatable bonds is 6. The molecular weight excluding hydrogens is 328 g/mol. The van der Waals surface area contributed by atoms with E-state index >= 15 is 0 Å². The van der Waals surface area contributed by atoms with Gasteiger partial charge in [0.2, 0.25) is 0 Å². The van der Waals surface area contributed by atoms with Crippen LogP contribution in [0.3, 0.4) is 0 Å². The lowest BCUT2D eigenvalue weighted by Crippen LogP contribution is -3.08. The van der Waals surface area contributed by atoms with Crippen LogP contribution in [-0.2, 0) is 16.8 Å². The Hall–Kier alpha value is -1.78. The summed E-state index contributed by atoms with van der Waals surface area (Å²) in [6.45, 7) is 7.84. The van der Waals surface area contributed by atoms with E-state index in [2.05, 4.69) is 68.7 Å². The van der Waals surface area contributed by atoms with E-state index in [9.17, 15) is 4.79 Å². The summed E-state index contributed by atoms with van der Waals surface area (Å²) in [4.78, 5) is 14.7. The summed E-state index contributed by atoms with van der Waals surface area (Å²) in [5, 5.41) is 2.99. The van der Waals surface area contributed by atoms with E-state index in [1.54, 1.807) is 11.8 Å². The van der Waals surface area contributed by atoms with Crippen LogP contribution >= 0.6 is 11.8 Å². The van der Waals surface area contributed by atoms with Crippen LogP contribution in [0.4, 0.5) is 5.69 Å². The second-order valence-electron chi connectivity index (χ2n) is 7.53.